The molecule has 5 heteroatoms. The summed E-state index contributed by atoms with van der Waals surface area (Å²) in [5.41, 5.74) is 0.609. The molecule has 0 aliphatic rings. The van der Waals surface area contributed by atoms with Crippen LogP contribution in [-0.4, -0.2) is 31.0 Å². The van der Waals surface area contributed by atoms with Crippen molar-refractivity contribution >= 4 is 29.1 Å². The fourth-order valence-electron chi connectivity index (χ4n) is 2.12. The fraction of sp³-hybridized carbons (Fsp3) is 0.278. The van der Waals surface area contributed by atoms with Gasteiger partial charge in [-0.2, -0.15) is 0 Å². The molecule has 0 aliphatic carbocycles. The van der Waals surface area contributed by atoms with Crippen molar-refractivity contribution < 1.29 is 9.53 Å². The third-order valence-corrected chi connectivity index (χ3v) is 3.88. The van der Waals surface area contributed by atoms with Crippen molar-refractivity contribution in [2.75, 3.05) is 20.2 Å². The molecule has 3 nitrogen and oxygen atoms in total. The Morgan fingerprint density at radius 2 is 1.78 bits per heavy atom. The number of nitrogens with zero attached hydrogens (tertiary/aromatic N) is 1. The van der Waals surface area contributed by atoms with Gasteiger partial charge in [-0.3, -0.25) is 4.79 Å². The molecule has 0 N–H and O–H groups in total. The van der Waals surface area contributed by atoms with E-state index >= 15 is 0 Å². The minimum Gasteiger partial charge on any atom is -0.494 e. The predicted octanol–water partition coefficient (Wildman–Crippen LogP) is 4.92. The summed E-state index contributed by atoms with van der Waals surface area (Å²) in [5, 5.41) is 1.26. The zero-order chi connectivity index (χ0) is 16.7. The molecule has 122 valence electrons. The topological polar surface area (TPSA) is 29.5 Å². The molecule has 2 aromatic rings. The number of rotatable bonds is 7. The van der Waals surface area contributed by atoms with Gasteiger partial charge >= 0.3 is 0 Å². The summed E-state index contributed by atoms with van der Waals surface area (Å²) in [4.78, 5) is 13.9. The third-order valence-electron chi connectivity index (χ3n) is 3.39. The maximum absolute atomic E-state index is 12.2. The largest absolute Gasteiger partial charge is 0.494 e. The van der Waals surface area contributed by atoms with Gasteiger partial charge in [-0.1, -0.05) is 29.3 Å². The van der Waals surface area contributed by atoms with E-state index in [2.05, 4.69) is 0 Å². The van der Waals surface area contributed by atoms with Crippen LogP contribution < -0.4 is 4.74 Å². The molecular weight excluding hydrogens is 333 g/mol. The van der Waals surface area contributed by atoms with Gasteiger partial charge in [-0.15, -0.1) is 0 Å². The second-order valence-electron chi connectivity index (χ2n) is 5.25. The van der Waals surface area contributed by atoms with Crippen LogP contribution in [0.5, 0.6) is 5.75 Å². The number of unbranched alkanes of at least 4 members (excludes halogenated alkanes) is 1. The Labute approximate surface area is 146 Å². The van der Waals surface area contributed by atoms with Crippen molar-refractivity contribution in [3.8, 4) is 5.75 Å². The number of carbonyl (C=O) groups is 1. The van der Waals surface area contributed by atoms with Crippen LogP contribution in [0.3, 0.4) is 0 Å². The van der Waals surface area contributed by atoms with E-state index in [1.54, 1.807) is 48.3 Å². The van der Waals surface area contributed by atoms with Crippen LogP contribution in [0.2, 0.25) is 10.0 Å². The van der Waals surface area contributed by atoms with E-state index in [1.807, 2.05) is 12.1 Å². The van der Waals surface area contributed by atoms with E-state index in [-0.39, 0.29) is 5.91 Å². The lowest BCUT2D eigenvalue weighted by molar-refractivity contribution is 0.0791. The molecule has 23 heavy (non-hydrogen) atoms. The Bertz CT molecular complexity index is 644. The molecular formula is C18H19Cl2NO2. The van der Waals surface area contributed by atoms with Gasteiger partial charge in [0.05, 0.1) is 6.61 Å². The lowest BCUT2D eigenvalue weighted by Crippen LogP contribution is -2.27. The van der Waals surface area contributed by atoms with Gasteiger partial charge < -0.3 is 9.64 Å². The van der Waals surface area contributed by atoms with Crippen LogP contribution in [0.4, 0.5) is 0 Å². The van der Waals surface area contributed by atoms with Crippen molar-refractivity contribution in [2.24, 2.45) is 0 Å². The molecule has 0 aliphatic heterocycles. The highest BCUT2D eigenvalue weighted by Crippen LogP contribution is 2.16. The lowest BCUT2D eigenvalue weighted by atomic mass is 10.2. The van der Waals surface area contributed by atoms with Gasteiger partial charge in [-0.05, 0) is 55.3 Å². The zero-order valence-electron chi connectivity index (χ0n) is 13.0. The van der Waals surface area contributed by atoms with Gasteiger partial charge in [0.1, 0.15) is 5.75 Å². The summed E-state index contributed by atoms with van der Waals surface area (Å²) in [5.74, 6) is 0.781. The molecule has 0 aromatic heterocycles. The van der Waals surface area contributed by atoms with Crippen LogP contribution in [0.15, 0.2) is 48.5 Å². The molecule has 0 spiro atoms. The highest BCUT2D eigenvalue weighted by Gasteiger charge is 2.11. The van der Waals surface area contributed by atoms with Crippen molar-refractivity contribution in [1.82, 2.24) is 4.90 Å². The molecule has 0 bridgehead atoms. The van der Waals surface area contributed by atoms with Crippen molar-refractivity contribution in [2.45, 2.75) is 12.8 Å². The molecule has 0 saturated heterocycles. The van der Waals surface area contributed by atoms with Crippen LogP contribution in [0, 0.1) is 0 Å². The van der Waals surface area contributed by atoms with Gasteiger partial charge in [0.25, 0.3) is 5.91 Å². The van der Waals surface area contributed by atoms with E-state index in [0.717, 1.165) is 18.6 Å². The summed E-state index contributed by atoms with van der Waals surface area (Å²) in [6.07, 6.45) is 1.74. The summed E-state index contributed by atoms with van der Waals surface area (Å²) in [6, 6.07) is 14.3. The predicted molar refractivity (Wildman–Crippen MR) is 94.6 cm³/mol. The first-order chi connectivity index (χ1) is 11.1. The number of amides is 1. The minimum atomic E-state index is -0.0221. The minimum absolute atomic E-state index is 0.0221. The van der Waals surface area contributed by atoms with Gasteiger partial charge in [0, 0.05) is 29.2 Å². The molecule has 1 amide bonds. The quantitative estimate of drug-likeness (QED) is 0.662. The molecule has 0 heterocycles. The molecule has 2 aromatic carbocycles. The van der Waals surface area contributed by atoms with Crippen molar-refractivity contribution in [1.29, 1.82) is 0 Å². The Kier molecular flexibility index (Phi) is 6.75. The first-order valence-corrected chi connectivity index (χ1v) is 8.21. The second kappa shape index (κ2) is 8.80. The third kappa shape index (κ3) is 5.77. The number of carbonyl (C=O) groups excluding carboxylic acids is 1. The van der Waals surface area contributed by atoms with Crippen molar-refractivity contribution in [3.05, 3.63) is 64.1 Å². The highest BCUT2D eigenvalue weighted by molar-refractivity contribution is 6.31. The van der Waals surface area contributed by atoms with E-state index in [9.17, 15) is 4.79 Å². The Morgan fingerprint density at radius 3 is 2.48 bits per heavy atom. The first kappa shape index (κ1) is 17.6. The molecule has 0 atom stereocenters. The highest BCUT2D eigenvalue weighted by atomic mass is 35.5. The lowest BCUT2D eigenvalue weighted by Gasteiger charge is -2.17. The standard InChI is InChI=1S/C18H19Cl2NO2/c1-21(18(22)14-5-4-6-16(20)13-14)11-2-3-12-23-17-9-7-15(19)8-10-17/h4-10,13H,2-3,11-12H2,1H3. The summed E-state index contributed by atoms with van der Waals surface area (Å²) in [7, 11) is 1.79. The molecule has 0 radical (unpaired) electrons. The van der Waals surface area contributed by atoms with Crippen LogP contribution in [0.1, 0.15) is 23.2 Å². The number of halogens is 2. The smallest absolute Gasteiger partial charge is 0.253 e. The molecule has 2 rings (SSSR count). The fourth-order valence-corrected chi connectivity index (χ4v) is 2.43. The maximum atomic E-state index is 12.2. The Hall–Kier alpha value is -1.71. The van der Waals surface area contributed by atoms with E-state index < -0.39 is 0 Å². The average molecular weight is 352 g/mol. The number of hydrogen-bond acceptors (Lipinski definition) is 2. The number of ether oxygens (including phenoxy) is 1. The molecule has 0 saturated carbocycles. The monoisotopic (exact) mass is 351 g/mol. The first-order valence-electron chi connectivity index (χ1n) is 7.45. The number of hydrogen-bond donors (Lipinski definition) is 0. The zero-order valence-corrected chi connectivity index (χ0v) is 14.5. The Morgan fingerprint density at radius 1 is 1.04 bits per heavy atom. The molecule has 0 unspecified atom stereocenters. The van der Waals surface area contributed by atoms with Crippen LogP contribution in [0.25, 0.3) is 0 Å². The van der Waals surface area contributed by atoms with Crippen LogP contribution in [-0.2, 0) is 0 Å². The van der Waals surface area contributed by atoms with E-state index in [1.165, 1.54) is 0 Å². The van der Waals surface area contributed by atoms with Crippen LogP contribution >= 0.6 is 23.2 Å². The normalized spacial score (nSPS) is 10.4. The Balaban J connectivity index is 1.69. The summed E-state index contributed by atoms with van der Waals surface area (Å²) in [6.45, 7) is 1.29. The van der Waals surface area contributed by atoms with Gasteiger partial charge in [-0.25, -0.2) is 0 Å². The SMILES string of the molecule is CN(CCCCOc1ccc(Cl)cc1)C(=O)c1cccc(Cl)c1. The van der Waals surface area contributed by atoms with E-state index in [0.29, 0.717) is 28.8 Å². The van der Waals surface area contributed by atoms with Gasteiger partial charge in [0.15, 0.2) is 0 Å². The van der Waals surface area contributed by atoms with Crippen molar-refractivity contribution in [3.63, 3.8) is 0 Å². The summed E-state index contributed by atoms with van der Waals surface area (Å²) < 4.78 is 5.62. The summed E-state index contributed by atoms with van der Waals surface area (Å²) >= 11 is 11.7. The maximum Gasteiger partial charge on any atom is 0.253 e. The van der Waals surface area contributed by atoms with E-state index in [4.69, 9.17) is 27.9 Å². The van der Waals surface area contributed by atoms with Gasteiger partial charge in [0.2, 0.25) is 0 Å². The molecule has 0 fully saturated rings. The average Bonchev–Trinajstić information content (AvgIpc) is 2.55. The second-order valence-corrected chi connectivity index (χ2v) is 6.12. The number of benzene rings is 2.